The van der Waals surface area contributed by atoms with Gasteiger partial charge in [0.1, 0.15) is 18.2 Å². The molecule has 0 saturated carbocycles. The third-order valence-corrected chi connectivity index (χ3v) is 5.05. The van der Waals surface area contributed by atoms with Crippen LogP contribution in [-0.2, 0) is 14.3 Å². The summed E-state index contributed by atoms with van der Waals surface area (Å²) in [7, 11) is 1.29. The van der Waals surface area contributed by atoms with E-state index in [4.69, 9.17) is 0 Å². The number of halogens is 1. The van der Waals surface area contributed by atoms with Crippen molar-refractivity contribution in [1.29, 1.82) is 0 Å². The number of esters is 1. The maximum absolute atomic E-state index is 13.3. The number of benzene rings is 1. The van der Waals surface area contributed by atoms with Gasteiger partial charge in [-0.1, -0.05) is 26.0 Å². The molecule has 0 bridgehead atoms. The lowest BCUT2D eigenvalue weighted by atomic mass is 10.0. The summed E-state index contributed by atoms with van der Waals surface area (Å²) < 4.78 is 19.7. The van der Waals surface area contributed by atoms with E-state index in [1.807, 2.05) is 13.8 Å². The minimum Gasteiger partial charge on any atom is -0.481 e. The quantitative estimate of drug-likeness (QED) is 0.423. The van der Waals surface area contributed by atoms with Crippen LogP contribution in [0, 0.1) is 5.82 Å². The molecule has 9 nitrogen and oxygen atoms in total. The fraction of sp³-hybridized carbons (Fsp3) is 0.304. The molecule has 1 aromatic carbocycles. The third-order valence-electron chi connectivity index (χ3n) is 5.05. The van der Waals surface area contributed by atoms with E-state index in [0.29, 0.717) is 22.7 Å². The second kappa shape index (κ2) is 10.1. The van der Waals surface area contributed by atoms with E-state index in [9.17, 15) is 23.9 Å². The first kappa shape index (κ1) is 23.7. The van der Waals surface area contributed by atoms with E-state index in [1.54, 1.807) is 22.7 Å². The maximum atomic E-state index is 13.3. The molecular formula is C23H25FN4O5. The van der Waals surface area contributed by atoms with Crippen molar-refractivity contribution in [2.24, 2.45) is 0 Å². The standard InChI is InChI=1S/C23H25FN4O5/c1-13(2)20-22(25-12-19(31)33-3)28-10-4-5-16(21(28)27-20)23(32)26-17(11-18(29)30)14-6-8-15(24)9-7-14/h4-10,13,17,25H,11-12H2,1-3H3,(H,26,32)(H,29,30). The van der Waals surface area contributed by atoms with Crippen molar-refractivity contribution in [2.75, 3.05) is 19.0 Å². The topological polar surface area (TPSA) is 122 Å². The number of carboxylic acid groups (broad SMARTS) is 1. The number of rotatable bonds is 9. The van der Waals surface area contributed by atoms with Crippen molar-refractivity contribution in [3.63, 3.8) is 0 Å². The van der Waals surface area contributed by atoms with E-state index < -0.39 is 29.7 Å². The summed E-state index contributed by atoms with van der Waals surface area (Å²) in [6, 6.07) is 7.65. The first-order valence-corrected chi connectivity index (χ1v) is 10.3. The number of hydrogen-bond donors (Lipinski definition) is 3. The van der Waals surface area contributed by atoms with Crippen LogP contribution in [0.1, 0.15) is 53.8 Å². The summed E-state index contributed by atoms with van der Waals surface area (Å²) in [5.41, 5.74) is 1.69. The Morgan fingerprint density at radius 2 is 1.88 bits per heavy atom. The zero-order chi connectivity index (χ0) is 24.1. The molecule has 0 fully saturated rings. The van der Waals surface area contributed by atoms with E-state index >= 15 is 0 Å². The van der Waals surface area contributed by atoms with E-state index in [1.165, 1.54) is 31.4 Å². The average Bonchev–Trinajstić information content (AvgIpc) is 3.16. The van der Waals surface area contributed by atoms with Crippen molar-refractivity contribution in [1.82, 2.24) is 14.7 Å². The lowest BCUT2D eigenvalue weighted by Gasteiger charge is -2.18. The zero-order valence-corrected chi connectivity index (χ0v) is 18.5. The van der Waals surface area contributed by atoms with E-state index in [0.717, 1.165) is 0 Å². The molecule has 3 rings (SSSR count). The summed E-state index contributed by atoms with van der Waals surface area (Å²) in [6.45, 7) is 3.79. The van der Waals surface area contributed by atoms with Crippen LogP contribution in [-0.4, -0.2) is 46.0 Å². The molecule has 0 saturated heterocycles. The smallest absolute Gasteiger partial charge is 0.325 e. The van der Waals surface area contributed by atoms with Crippen LogP contribution in [0.3, 0.4) is 0 Å². The number of fused-ring (bicyclic) bond motifs is 1. The highest BCUT2D eigenvalue weighted by atomic mass is 19.1. The number of ether oxygens (including phenoxy) is 1. The molecule has 0 aliphatic rings. The van der Waals surface area contributed by atoms with Gasteiger partial charge in [0, 0.05) is 6.20 Å². The number of anilines is 1. The normalized spacial score (nSPS) is 11.9. The van der Waals surface area contributed by atoms with Crippen LogP contribution in [0.2, 0.25) is 0 Å². The molecule has 3 N–H and O–H groups in total. The van der Waals surface area contributed by atoms with Gasteiger partial charge in [-0.25, -0.2) is 9.37 Å². The van der Waals surface area contributed by atoms with Gasteiger partial charge in [-0.2, -0.15) is 0 Å². The monoisotopic (exact) mass is 456 g/mol. The number of amides is 1. The Kier molecular flexibility index (Phi) is 7.27. The number of imidazole rings is 1. The van der Waals surface area contributed by atoms with Crippen LogP contribution in [0.15, 0.2) is 42.6 Å². The molecule has 2 aromatic heterocycles. The molecule has 1 atom stereocenters. The Labute approximate surface area is 189 Å². The molecule has 0 aliphatic heterocycles. The first-order chi connectivity index (χ1) is 15.7. The van der Waals surface area contributed by atoms with Crippen molar-refractivity contribution in [3.05, 3.63) is 65.2 Å². The largest absolute Gasteiger partial charge is 0.481 e. The summed E-state index contributed by atoms with van der Waals surface area (Å²) >= 11 is 0. The highest BCUT2D eigenvalue weighted by Crippen LogP contribution is 2.27. The number of hydrogen-bond acceptors (Lipinski definition) is 6. The minimum atomic E-state index is -1.11. The highest BCUT2D eigenvalue weighted by molar-refractivity contribution is 6.00. The molecule has 3 aromatic rings. The molecule has 0 spiro atoms. The molecule has 0 radical (unpaired) electrons. The van der Waals surface area contributed by atoms with Crippen molar-refractivity contribution >= 4 is 29.3 Å². The fourth-order valence-electron chi connectivity index (χ4n) is 3.43. The molecule has 0 aliphatic carbocycles. The number of aromatic nitrogens is 2. The third kappa shape index (κ3) is 5.46. The first-order valence-electron chi connectivity index (χ1n) is 10.3. The number of carbonyl (C=O) groups is 3. The zero-order valence-electron chi connectivity index (χ0n) is 18.5. The summed E-state index contributed by atoms with van der Waals surface area (Å²) in [4.78, 5) is 40.8. The van der Waals surface area contributed by atoms with E-state index in [2.05, 4.69) is 20.4 Å². The number of nitrogens with zero attached hydrogens (tertiary/aromatic N) is 2. The SMILES string of the molecule is COC(=O)CNc1c(C(C)C)nc2c(C(=O)NC(CC(=O)O)c3ccc(F)cc3)cccn12. The number of aliphatic carboxylic acids is 1. The van der Waals surface area contributed by atoms with Gasteiger partial charge < -0.3 is 20.5 Å². The van der Waals surface area contributed by atoms with Gasteiger partial charge in [0.25, 0.3) is 5.91 Å². The second-order valence-electron chi connectivity index (χ2n) is 7.72. The fourth-order valence-corrected chi connectivity index (χ4v) is 3.43. The molecule has 2 heterocycles. The molecular weight excluding hydrogens is 431 g/mol. The average molecular weight is 456 g/mol. The summed E-state index contributed by atoms with van der Waals surface area (Å²) in [6.07, 6.45) is 1.33. The van der Waals surface area contributed by atoms with Crippen molar-refractivity contribution in [2.45, 2.75) is 32.2 Å². The number of methoxy groups -OCH3 is 1. The highest BCUT2D eigenvalue weighted by Gasteiger charge is 2.23. The van der Waals surface area contributed by atoms with Gasteiger partial charge in [0.15, 0.2) is 5.65 Å². The Balaban J connectivity index is 1.97. The Bertz CT molecular complexity index is 1170. The van der Waals surface area contributed by atoms with Gasteiger partial charge in [0.2, 0.25) is 0 Å². The van der Waals surface area contributed by atoms with Crippen LogP contribution >= 0.6 is 0 Å². The van der Waals surface area contributed by atoms with Crippen LogP contribution < -0.4 is 10.6 Å². The van der Waals surface area contributed by atoms with Crippen LogP contribution in [0.4, 0.5) is 10.2 Å². The van der Waals surface area contributed by atoms with Gasteiger partial charge in [0.05, 0.1) is 30.8 Å². The predicted octanol–water partition coefficient (Wildman–Crippen LogP) is 3.13. The molecule has 1 amide bonds. The van der Waals surface area contributed by atoms with Gasteiger partial charge in [-0.15, -0.1) is 0 Å². The van der Waals surface area contributed by atoms with Gasteiger partial charge in [-0.3, -0.25) is 18.8 Å². The number of nitrogens with one attached hydrogen (secondary N) is 2. The lowest BCUT2D eigenvalue weighted by Crippen LogP contribution is -2.30. The van der Waals surface area contributed by atoms with Crippen molar-refractivity contribution in [3.8, 4) is 0 Å². The predicted molar refractivity (Wildman–Crippen MR) is 119 cm³/mol. The van der Waals surface area contributed by atoms with E-state index in [-0.39, 0.29) is 24.4 Å². The molecule has 10 heteroatoms. The second-order valence-corrected chi connectivity index (χ2v) is 7.72. The van der Waals surface area contributed by atoms with Gasteiger partial charge >= 0.3 is 11.9 Å². The summed E-state index contributed by atoms with van der Waals surface area (Å²) in [5.74, 6) is -2.02. The molecule has 33 heavy (non-hydrogen) atoms. The number of pyridine rings is 1. The Morgan fingerprint density at radius 1 is 1.18 bits per heavy atom. The number of carboxylic acids is 1. The Morgan fingerprint density at radius 3 is 2.48 bits per heavy atom. The van der Waals surface area contributed by atoms with Crippen LogP contribution in [0.5, 0.6) is 0 Å². The van der Waals surface area contributed by atoms with Crippen LogP contribution in [0.25, 0.3) is 5.65 Å². The number of carbonyl (C=O) groups excluding carboxylic acids is 2. The molecule has 174 valence electrons. The maximum Gasteiger partial charge on any atom is 0.325 e. The lowest BCUT2D eigenvalue weighted by molar-refractivity contribution is -0.139. The molecule has 1 unspecified atom stereocenters. The van der Waals surface area contributed by atoms with Gasteiger partial charge in [-0.05, 0) is 35.7 Å². The van der Waals surface area contributed by atoms with Crippen molar-refractivity contribution < 1.29 is 28.6 Å². The summed E-state index contributed by atoms with van der Waals surface area (Å²) in [5, 5.41) is 15.0. The minimum absolute atomic E-state index is 0.0140. The Hall–Kier alpha value is -3.95.